The summed E-state index contributed by atoms with van der Waals surface area (Å²) in [5.74, 6) is -0.0980. The topological polar surface area (TPSA) is 108 Å². The van der Waals surface area contributed by atoms with E-state index < -0.39 is 39.2 Å². The first-order valence-electron chi connectivity index (χ1n) is 12.6. The van der Waals surface area contributed by atoms with Crippen molar-refractivity contribution in [2.75, 3.05) is 19.8 Å². The van der Waals surface area contributed by atoms with Crippen molar-refractivity contribution in [3.8, 4) is 23.0 Å². The van der Waals surface area contributed by atoms with Crippen LogP contribution in [0.1, 0.15) is 29.2 Å². The molecule has 42 heavy (non-hydrogen) atoms. The highest BCUT2D eigenvalue weighted by molar-refractivity contribution is 8.18. The highest BCUT2D eigenvalue weighted by Gasteiger charge is 2.35. The Hall–Kier alpha value is -4.52. The Morgan fingerprint density at radius 1 is 0.952 bits per heavy atom. The number of imide groups is 1. The van der Waals surface area contributed by atoms with E-state index in [1.807, 2.05) is 32.0 Å². The fraction of sp³-hybridized carbons (Fsp3) is 0.241. The molecule has 0 aromatic heterocycles. The van der Waals surface area contributed by atoms with Crippen LogP contribution >= 0.6 is 11.8 Å². The van der Waals surface area contributed by atoms with Crippen molar-refractivity contribution in [3.05, 3.63) is 91.9 Å². The van der Waals surface area contributed by atoms with E-state index in [2.05, 4.69) is 0 Å². The molecule has 13 heteroatoms. The number of alkyl halides is 3. The summed E-state index contributed by atoms with van der Waals surface area (Å²) in [5.41, 5.74) is 0.356. The zero-order chi connectivity index (χ0) is 30.6. The van der Waals surface area contributed by atoms with Gasteiger partial charge >= 0.3 is 11.9 Å². The van der Waals surface area contributed by atoms with Crippen LogP contribution in [0.2, 0.25) is 0 Å². The van der Waals surface area contributed by atoms with Crippen LogP contribution in [0, 0.1) is 24.0 Å². The minimum absolute atomic E-state index is 0.00792. The molecule has 0 radical (unpaired) electrons. The molecule has 9 nitrogen and oxygen atoms in total. The van der Waals surface area contributed by atoms with Crippen molar-refractivity contribution in [1.29, 1.82) is 0 Å². The van der Waals surface area contributed by atoms with Crippen LogP contribution in [0.25, 0.3) is 6.08 Å². The maximum Gasteiger partial charge on any atom is 0.416 e. The largest absolute Gasteiger partial charge is 0.491 e. The number of benzene rings is 3. The number of halogens is 3. The van der Waals surface area contributed by atoms with Crippen molar-refractivity contribution in [2.45, 2.75) is 26.9 Å². The Labute approximate surface area is 243 Å². The van der Waals surface area contributed by atoms with Crippen LogP contribution < -0.4 is 14.2 Å². The number of ether oxygens (including phenoxy) is 3. The number of nitro groups is 1. The number of nitro benzene ring substituents is 1. The Bertz CT molecular complexity index is 1570. The van der Waals surface area contributed by atoms with Crippen LogP contribution in [-0.4, -0.2) is 40.7 Å². The minimum Gasteiger partial charge on any atom is -0.491 e. The molecule has 0 spiro atoms. The molecule has 1 fully saturated rings. The Morgan fingerprint density at radius 3 is 2.38 bits per heavy atom. The maximum absolute atomic E-state index is 13.1. The van der Waals surface area contributed by atoms with Gasteiger partial charge in [-0.3, -0.25) is 24.6 Å². The lowest BCUT2D eigenvalue weighted by Gasteiger charge is -2.15. The van der Waals surface area contributed by atoms with Crippen molar-refractivity contribution in [2.24, 2.45) is 0 Å². The van der Waals surface area contributed by atoms with Gasteiger partial charge in [0, 0.05) is 6.07 Å². The summed E-state index contributed by atoms with van der Waals surface area (Å²) in [6, 6.07) is 12.1. The number of hydrogen-bond donors (Lipinski definition) is 0. The Morgan fingerprint density at radius 2 is 1.69 bits per heavy atom. The minimum atomic E-state index is -4.77. The van der Waals surface area contributed by atoms with Gasteiger partial charge in [-0.2, -0.15) is 13.2 Å². The van der Waals surface area contributed by atoms with Gasteiger partial charge in [0.2, 0.25) is 5.75 Å². The number of thioether (sulfide) groups is 1. The zero-order valence-electron chi connectivity index (χ0n) is 22.7. The number of aryl methyl sites for hydroxylation is 2. The number of carbonyl (C=O) groups excluding carboxylic acids is 2. The molecule has 1 saturated heterocycles. The van der Waals surface area contributed by atoms with E-state index in [0.29, 0.717) is 23.4 Å². The third-order valence-electron chi connectivity index (χ3n) is 6.06. The molecule has 1 aliphatic rings. The molecule has 0 atom stereocenters. The standard InChI is InChI=1S/C29H25F3N2O7S/c1-4-39-25-14-19(7-9-23(25)41-22-10-8-20(29(30,31)32)16-21(22)34(37)38)15-26-27(35)33(28(36)42-26)11-12-40-24-13-17(2)5-6-18(24)3/h5-10,13-16H,4,11-12H2,1-3H3/b26-15-. The summed E-state index contributed by atoms with van der Waals surface area (Å²) in [6.45, 7) is 5.86. The van der Waals surface area contributed by atoms with E-state index in [1.165, 1.54) is 24.3 Å². The number of rotatable bonds is 10. The molecule has 0 unspecified atom stereocenters. The number of nitrogens with zero attached hydrogens (tertiary/aromatic N) is 2. The first-order valence-corrected chi connectivity index (χ1v) is 13.4. The van der Waals surface area contributed by atoms with Crippen LogP contribution in [-0.2, 0) is 11.0 Å². The normalized spacial score (nSPS) is 14.4. The fourth-order valence-corrected chi connectivity index (χ4v) is 4.83. The van der Waals surface area contributed by atoms with E-state index in [-0.39, 0.29) is 36.2 Å². The number of hydrogen-bond acceptors (Lipinski definition) is 8. The van der Waals surface area contributed by atoms with E-state index in [4.69, 9.17) is 14.2 Å². The lowest BCUT2D eigenvalue weighted by molar-refractivity contribution is -0.385. The number of carbonyl (C=O) groups is 2. The molecule has 0 N–H and O–H groups in total. The van der Waals surface area contributed by atoms with E-state index in [9.17, 15) is 32.9 Å². The fourth-order valence-electron chi connectivity index (χ4n) is 3.96. The second kappa shape index (κ2) is 12.6. The van der Waals surface area contributed by atoms with Crippen LogP contribution in [0.5, 0.6) is 23.0 Å². The molecule has 220 valence electrons. The van der Waals surface area contributed by atoms with Crippen LogP contribution in [0.15, 0.2) is 59.5 Å². The van der Waals surface area contributed by atoms with Crippen molar-refractivity contribution < 1.29 is 41.9 Å². The average molecular weight is 603 g/mol. The lowest BCUT2D eigenvalue weighted by Crippen LogP contribution is -2.32. The van der Waals surface area contributed by atoms with Gasteiger partial charge in [-0.05, 0) is 85.6 Å². The third kappa shape index (κ3) is 7.03. The maximum atomic E-state index is 13.1. The molecule has 2 amide bonds. The smallest absolute Gasteiger partial charge is 0.416 e. The van der Waals surface area contributed by atoms with E-state index in [1.54, 1.807) is 6.92 Å². The molecule has 0 saturated carbocycles. The molecule has 4 rings (SSSR count). The molecular formula is C29H25F3N2O7S. The highest BCUT2D eigenvalue weighted by atomic mass is 32.2. The lowest BCUT2D eigenvalue weighted by atomic mass is 10.1. The summed E-state index contributed by atoms with van der Waals surface area (Å²) in [5, 5.41) is 11.0. The molecule has 1 heterocycles. The van der Waals surface area contributed by atoms with Gasteiger partial charge in [-0.1, -0.05) is 18.2 Å². The second-order valence-corrected chi connectivity index (χ2v) is 10.1. The first kappa shape index (κ1) is 30.4. The van der Waals surface area contributed by atoms with E-state index in [0.717, 1.165) is 33.9 Å². The van der Waals surface area contributed by atoms with Crippen LogP contribution in [0.3, 0.4) is 0 Å². The predicted octanol–water partition coefficient (Wildman–Crippen LogP) is 7.54. The quantitative estimate of drug-likeness (QED) is 0.133. The zero-order valence-corrected chi connectivity index (χ0v) is 23.5. The molecular weight excluding hydrogens is 577 g/mol. The first-order chi connectivity index (χ1) is 19.9. The summed E-state index contributed by atoms with van der Waals surface area (Å²) in [6.07, 6.45) is -3.28. The highest BCUT2D eigenvalue weighted by Crippen LogP contribution is 2.41. The molecule has 3 aromatic carbocycles. The monoisotopic (exact) mass is 602 g/mol. The van der Waals surface area contributed by atoms with Gasteiger partial charge in [-0.15, -0.1) is 0 Å². The molecule has 0 bridgehead atoms. The van der Waals surface area contributed by atoms with Crippen molar-refractivity contribution in [1.82, 2.24) is 4.90 Å². The van der Waals surface area contributed by atoms with Gasteiger partial charge in [0.15, 0.2) is 11.5 Å². The summed E-state index contributed by atoms with van der Waals surface area (Å²) < 4.78 is 56.1. The van der Waals surface area contributed by atoms with Gasteiger partial charge in [0.05, 0.1) is 28.5 Å². The Kier molecular flexibility index (Phi) is 9.10. The summed E-state index contributed by atoms with van der Waals surface area (Å²) in [4.78, 5) is 37.2. The van der Waals surface area contributed by atoms with E-state index >= 15 is 0 Å². The predicted molar refractivity (Wildman–Crippen MR) is 150 cm³/mol. The second-order valence-electron chi connectivity index (χ2n) is 9.13. The summed E-state index contributed by atoms with van der Waals surface area (Å²) >= 11 is 0.767. The SMILES string of the molecule is CCOc1cc(/C=C2\SC(=O)N(CCOc3cc(C)ccc3C)C2=O)ccc1Oc1ccc(C(F)(F)F)cc1[N+](=O)[O-]. The van der Waals surface area contributed by atoms with Gasteiger partial charge < -0.3 is 14.2 Å². The molecule has 3 aromatic rings. The van der Waals surface area contributed by atoms with Crippen LogP contribution in [0.4, 0.5) is 23.7 Å². The summed E-state index contributed by atoms with van der Waals surface area (Å²) in [7, 11) is 0. The van der Waals surface area contributed by atoms with Gasteiger partial charge in [-0.25, -0.2) is 0 Å². The van der Waals surface area contributed by atoms with Gasteiger partial charge in [0.25, 0.3) is 11.1 Å². The van der Waals surface area contributed by atoms with Crippen molar-refractivity contribution >= 4 is 34.7 Å². The third-order valence-corrected chi connectivity index (χ3v) is 6.97. The van der Waals surface area contributed by atoms with Crippen molar-refractivity contribution in [3.63, 3.8) is 0 Å². The number of amides is 2. The Balaban J connectivity index is 1.51. The molecule has 0 aliphatic carbocycles. The molecule has 1 aliphatic heterocycles. The van der Waals surface area contributed by atoms with Gasteiger partial charge in [0.1, 0.15) is 12.4 Å². The average Bonchev–Trinajstić information content (AvgIpc) is 3.18.